The Kier molecular flexibility index (Phi) is 3.89. The van der Waals surface area contributed by atoms with Crippen molar-refractivity contribution in [2.24, 2.45) is 5.73 Å². The third-order valence-corrected chi connectivity index (χ3v) is 3.40. The Hall–Kier alpha value is -1.83. The average Bonchev–Trinajstić information content (AvgIpc) is 2.44. The van der Waals surface area contributed by atoms with Gasteiger partial charge in [0.05, 0.1) is 0 Å². The van der Waals surface area contributed by atoms with E-state index in [1.54, 1.807) is 6.08 Å². The summed E-state index contributed by atoms with van der Waals surface area (Å²) in [4.78, 5) is 0. The zero-order valence-electron chi connectivity index (χ0n) is 10.5. The summed E-state index contributed by atoms with van der Waals surface area (Å²) in [5, 5.41) is 4.87. The van der Waals surface area contributed by atoms with Gasteiger partial charge in [-0.1, -0.05) is 54.6 Å². The molecule has 96 valence electrons. The van der Waals surface area contributed by atoms with Gasteiger partial charge in [-0.15, -0.1) is 19.0 Å². The molecule has 3 rings (SSSR count). The third kappa shape index (κ3) is 2.23. The summed E-state index contributed by atoms with van der Waals surface area (Å²) in [6, 6.07) is 18.8. The Morgan fingerprint density at radius 2 is 1.37 bits per heavy atom. The van der Waals surface area contributed by atoms with E-state index in [9.17, 15) is 0 Å². The molecule has 3 aromatic rings. The van der Waals surface area contributed by atoms with Crippen LogP contribution in [0.25, 0.3) is 21.5 Å². The van der Waals surface area contributed by atoms with Gasteiger partial charge in [-0.05, 0) is 33.2 Å². The molecule has 1 atom stereocenters. The first-order valence-electron chi connectivity index (χ1n) is 6.10. The summed E-state index contributed by atoms with van der Waals surface area (Å²) >= 11 is 0. The molecule has 0 aliphatic carbocycles. The quantitative estimate of drug-likeness (QED) is 0.534. The molecule has 0 aliphatic heterocycles. The lowest BCUT2D eigenvalue weighted by molar-refractivity contribution is 0.935. The number of halogens is 1. The van der Waals surface area contributed by atoms with Crippen LogP contribution in [-0.4, -0.2) is 0 Å². The van der Waals surface area contributed by atoms with Gasteiger partial charge in [0.1, 0.15) is 0 Å². The average molecular weight is 270 g/mol. The molecule has 2 N–H and O–H groups in total. The van der Waals surface area contributed by atoms with Crippen molar-refractivity contribution < 1.29 is 0 Å². The molecule has 0 fully saturated rings. The van der Waals surface area contributed by atoms with E-state index in [4.69, 9.17) is 5.73 Å². The largest absolute Gasteiger partial charge is 0.321 e. The van der Waals surface area contributed by atoms with Crippen molar-refractivity contribution in [3.05, 3.63) is 72.8 Å². The van der Waals surface area contributed by atoms with Gasteiger partial charge >= 0.3 is 0 Å². The van der Waals surface area contributed by atoms with E-state index < -0.39 is 0 Å². The summed E-state index contributed by atoms with van der Waals surface area (Å²) in [6.07, 6.45) is 1.80. The second kappa shape index (κ2) is 5.43. The Morgan fingerprint density at radius 3 is 1.84 bits per heavy atom. The number of hydrogen-bond donors (Lipinski definition) is 1. The normalized spacial score (nSPS) is 12.1. The van der Waals surface area contributed by atoms with E-state index in [2.05, 4.69) is 61.2 Å². The Labute approximate surface area is 119 Å². The monoisotopic (exact) mass is 269 g/mol. The second-order valence-corrected chi connectivity index (χ2v) is 4.49. The topological polar surface area (TPSA) is 26.0 Å². The highest BCUT2D eigenvalue weighted by atomic mass is 35.5. The molecular formula is C17H16ClN. The van der Waals surface area contributed by atoms with E-state index in [0.29, 0.717) is 0 Å². The Morgan fingerprint density at radius 1 is 0.895 bits per heavy atom. The zero-order chi connectivity index (χ0) is 12.5. The molecule has 0 amide bonds. The van der Waals surface area contributed by atoms with Crippen LogP contribution in [0, 0.1) is 0 Å². The summed E-state index contributed by atoms with van der Waals surface area (Å²) in [7, 11) is 0. The molecule has 0 spiro atoms. The van der Waals surface area contributed by atoms with Crippen molar-refractivity contribution in [3.63, 3.8) is 0 Å². The van der Waals surface area contributed by atoms with Crippen molar-refractivity contribution >= 4 is 34.0 Å². The van der Waals surface area contributed by atoms with Gasteiger partial charge in [0, 0.05) is 6.04 Å². The summed E-state index contributed by atoms with van der Waals surface area (Å²) < 4.78 is 0. The molecular weight excluding hydrogens is 254 g/mol. The van der Waals surface area contributed by atoms with E-state index >= 15 is 0 Å². The van der Waals surface area contributed by atoms with Crippen LogP contribution in [0.5, 0.6) is 0 Å². The Balaban J connectivity index is 0.00000133. The van der Waals surface area contributed by atoms with Gasteiger partial charge < -0.3 is 5.73 Å². The van der Waals surface area contributed by atoms with Crippen LogP contribution in [0.2, 0.25) is 0 Å². The minimum absolute atomic E-state index is 0. The zero-order valence-corrected chi connectivity index (χ0v) is 11.4. The maximum atomic E-state index is 6.21. The summed E-state index contributed by atoms with van der Waals surface area (Å²) in [5.41, 5.74) is 7.37. The molecule has 0 radical (unpaired) electrons. The minimum Gasteiger partial charge on any atom is -0.321 e. The van der Waals surface area contributed by atoms with Crippen LogP contribution in [-0.2, 0) is 0 Å². The van der Waals surface area contributed by atoms with Gasteiger partial charge in [-0.3, -0.25) is 0 Å². The highest BCUT2D eigenvalue weighted by Gasteiger charge is 2.11. The highest BCUT2D eigenvalue weighted by Crippen LogP contribution is 2.32. The van der Waals surface area contributed by atoms with Crippen LogP contribution in [0.3, 0.4) is 0 Å². The van der Waals surface area contributed by atoms with Crippen molar-refractivity contribution in [1.29, 1.82) is 0 Å². The number of fused-ring (bicyclic) bond motifs is 2. The highest BCUT2D eigenvalue weighted by molar-refractivity contribution is 6.02. The Bertz CT molecular complexity index is 679. The fourth-order valence-electron chi connectivity index (χ4n) is 2.53. The lowest BCUT2D eigenvalue weighted by Crippen LogP contribution is -2.07. The predicted molar refractivity (Wildman–Crippen MR) is 85.8 cm³/mol. The van der Waals surface area contributed by atoms with Crippen LogP contribution in [0.1, 0.15) is 11.6 Å². The van der Waals surface area contributed by atoms with E-state index in [0.717, 1.165) is 0 Å². The van der Waals surface area contributed by atoms with Crippen molar-refractivity contribution in [2.75, 3.05) is 0 Å². The molecule has 0 aliphatic rings. The van der Waals surface area contributed by atoms with Gasteiger partial charge in [-0.25, -0.2) is 0 Å². The van der Waals surface area contributed by atoms with Gasteiger partial charge in [-0.2, -0.15) is 0 Å². The van der Waals surface area contributed by atoms with Gasteiger partial charge in [0.2, 0.25) is 0 Å². The summed E-state index contributed by atoms with van der Waals surface area (Å²) in [6.45, 7) is 3.83. The standard InChI is InChI=1S/C17H15N.ClH/c1-2-16(18)17-14-9-5-3-7-12(14)11-13-8-4-6-10-15(13)17;/h2-11,16H,1,18H2;1H/t16-;/m1./s1. The molecule has 0 bridgehead atoms. The first kappa shape index (κ1) is 13.6. The molecule has 0 saturated carbocycles. The van der Waals surface area contributed by atoms with E-state index in [-0.39, 0.29) is 18.4 Å². The van der Waals surface area contributed by atoms with E-state index in [1.165, 1.54) is 27.1 Å². The van der Waals surface area contributed by atoms with Crippen molar-refractivity contribution in [3.8, 4) is 0 Å². The lowest BCUT2D eigenvalue weighted by atomic mass is 9.92. The first-order chi connectivity index (χ1) is 8.81. The van der Waals surface area contributed by atoms with E-state index in [1.807, 2.05) is 0 Å². The fraction of sp³-hybridized carbons (Fsp3) is 0.0588. The molecule has 0 unspecified atom stereocenters. The molecule has 0 heterocycles. The molecule has 0 saturated heterocycles. The predicted octanol–water partition coefficient (Wildman–Crippen LogP) is 4.60. The minimum atomic E-state index is -0.138. The van der Waals surface area contributed by atoms with Gasteiger partial charge in [0.25, 0.3) is 0 Å². The molecule has 19 heavy (non-hydrogen) atoms. The number of benzene rings is 3. The first-order valence-corrected chi connectivity index (χ1v) is 6.10. The molecule has 0 aromatic heterocycles. The third-order valence-electron chi connectivity index (χ3n) is 3.40. The lowest BCUT2D eigenvalue weighted by Gasteiger charge is -2.15. The van der Waals surface area contributed by atoms with Crippen LogP contribution in [0.4, 0.5) is 0 Å². The second-order valence-electron chi connectivity index (χ2n) is 4.49. The van der Waals surface area contributed by atoms with Crippen LogP contribution in [0.15, 0.2) is 67.3 Å². The van der Waals surface area contributed by atoms with Crippen LogP contribution >= 0.6 is 12.4 Å². The van der Waals surface area contributed by atoms with Crippen molar-refractivity contribution in [2.45, 2.75) is 6.04 Å². The maximum absolute atomic E-state index is 6.21. The number of rotatable bonds is 2. The van der Waals surface area contributed by atoms with Crippen molar-refractivity contribution in [1.82, 2.24) is 0 Å². The number of nitrogens with two attached hydrogens (primary N) is 1. The number of hydrogen-bond acceptors (Lipinski definition) is 1. The molecule has 1 nitrogen and oxygen atoms in total. The van der Waals surface area contributed by atoms with Gasteiger partial charge in [0.15, 0.2) is 0 Å². The maximum Gasteiger partial charge on any atom is 0.0490 e. The smallest absolute Gasteiger partial charge is 0.0490 e. The fourth-order valence-corrected chi connectivity index (χ4v) is 2.53. The molecule has 3 aromatic carbocycles. The molecule has 2 heteroatoms. The SMILES string of the molecule is C=C[C@@H](N)c1c2ccccc2cc2ccccc12.Cl. The van der Waals surface area contributed by atoms with Crippen LogP contribution < -0.4 is 5.73 Å². The summed E-state index contributed by atoms with van der Waals surface area (Å²) in [5.74, 6) is 0.